The highest BCUT2D eigenvalue weighted by molar-refractivity contribution is 5.30. The number of anilines is 1. The van der Waals surface area contributed by atoms with Gasteiger partial charge in [-0.05, 0) is 6.92 Å². The van der Waals surface area contributed by atoms with Crippen molar-refractivity contribution in [2.75, 3.05) is 18.5 Å². The first-order chi connectivity index (χ1) is 6.11. The van der Waals surface area contributed by atoms with Crippen molar-refractivity contribution >= 4 is 5.95 Å². The van der Waals surface area contributed by atoms with Crippen LogP contribution in [0.3, 0.4) is 0 Å². The van der Waals surface area contributed by atoms with Gasteiger partial charge in [0.05, 0.1) is 18.8 Å². The van der Waals surface area contributed by atoms with Crippen LogP contribution >= 0.6 is 0 Å². The molecule has 0 radical (unpaired) electrons. The smallest absolute Gasteiger partial charge is 0.203 e. The van der Waals surface area contributed by atoms with E-state index in [0.717, 1.165) is 0 Å². The van der Waals surface area contributed by atoms with Crippen molar-refractivity contribution in [2.45, 2.75) is 12.5 Å². The van der Waals surface area contributed by atoms with E-state index in [-0.39, 0.29) is 13.2 Å². The maximum atomic E-state index is 9.02. The number of imidazole rings is 1. The van der Waals surface area contributed by atoms with E-state index in [9.17, 15) is 0 Å². The Morgan fingerprint density at radius 1 is 1.54 bits per heavy atom. The lowest BCUT2D eigenvalue weighted by atomic mass is 10.1. The molecule has 0 aliphatic carbocycles. The summed E-state index contributed by atoms with van der Waals surface area (Å²) in [6, 6.07) is 0. The van der Waals surface area contributed by atoms with Crippen molar-refractivity contribution in [3.8, 4) is 0 Å². The molecule has 1 heterocycles. The molecule has 5 heteroatoms. The van der Waals surface area contributed by atoms with Crippen LogP contribution in [0, 0.1) is 0 Å². The maximum Gasteiger partial charge on any atom is 0.203 e. The van der Waals surface area contributed by atoms with Gasteiger partial charge in [0, 0.05) is 19.4 Å². The van der Waals surface area contributed by atoms with Gasteiger partial charge < -0.3 is 20.1 Å². The molecule has 0 unspecified atom stereocenters. The Morgan fingerprint density at radius 3 is 2.54 bits per heavy atom. The van der Waals surface area contributed by atoms with Crippen LogP contribution in [-0.2, 0) is 7.05 Å². The number of aliphatic hydroxyl groups is 2. The SMILES string of the molecule is Cn1ccnc1NC(C)(CO)CO. The van der Waals surface area contributed by atoms with Crippen molar-refractivity contribution in [1.29, 1.82) is 0 Å². The van der Waals surface area contributed by atoms with Gasteiger partial charge in [0.2, 0.25) is 5.95 Å². The number of aliphatic hydroxyl groups excluding tert-OH is 2. The van der Waals surface area contributed by atoms with E-state index in [1.165, 1.54) is 0 Å². The molecule has 13 heavy (non-hydrogen) atoms. The van der Waals surface area contributed by atoms with E-state index in [0.29, 0.717) is 5.95 Å². The predicted octanol–water partition coefficient (Wildman–Crippen LogP) is -0.425. The molecule has 0 aliphatic rings. The third-order valence-electron chi connectivity index (χ3n) is 1.93. The number of hydrogen-bond acceptors (Lipinski definition) is 4. The van der Waals surface area contributed by atoms with Crippen LogP contribution in [0.2, 0.25) is 0 Å². The van der Waals surface area contributed by atoms with Gasteiger partial charge in [-0.3, -0.25) is 0 Å². The summed E-state index contributed by atoms with van der Waals surface area (Å²) in [5.41, 5.74) is -0.723. The predicted molar refractivity (Wildman–Crippen MR) is 49.4 cm³/mol. The van der Waals surface area contributed by atoms with Crippen molar-refractivity contribution in [1.82, 2.24) is 9.55 Å². The van der Waals surface area contributed by atoms with E-state index in [4.69, 9.17) is 10.2 Å². The normalized spacial score (nSPS) is 11.7. The molecule has 0 saturated heterocycles. The van der Waals surface area contributed by atoms with Gasteiger partial charge in [-0.15, -0.1) is 0 Å². The minimum atomic E-state index is -0.723. The molecule has 1 aromatic rings. The van der Waals surface area contributed by atoms with Gasteiger partial charge in [0.25, 0.3) is 0 Å². The fraction of sp³-hybridized carbons (Fsp3) is 0.625. The van der Waals surface area contributed by atoms with E-state index in [1.807, 2.05) is 7.05 Å². The van der Waals surface area contributed by atoms with Gasteiger partial charge in [0.1, 0.15) is 0 Å². The van der Waals surface area contributed by atoms with Gasteiger partial charge in [0.15, 0.2) is 0 Å². The molecule has 0 saturated carbocycles. The van der Waals surface area contributed by atoms with Crippen molar-refractivity contribution in [2.24, 2.45) is 7.05 Å². The lowest BCUT2D eigenvalue weighted by Gasteiger charge is -2.26. The Balaban J connectivity index is 2.73. The summed E-state index contributed by atoms with van der Waals surface area (Å²) in [6.45, 7) is 1.44. The minimum absolute atomic E-state index is 0.143. The van der Waals surface area contributed by atoms with Gasteiger partial charge in [-0.25, -0.2) is 4.98 Å². The Morgan fingerprint density at radius 2 is 2.15 bits per heavy atom. The van der Waals surface area contributed by atoms with Crippen molar-refractivity contribution in [3.05, 3.63) is 12.4 Å². The number of rotatable bonds is 4. The zero-order valence-electron chi connectivity index (χ0n) is 7.86. The van der Waals surface area contributed by atoms with Crippen LogP contribution in [0.25, 0.3) is 0 Å². The quantitative estimate of drug-likeness (QED) is 0.595. The summed E-state index contributed by atoms with van der Waals surface area (Å²) < 4.78 is 1.78. The summed E-state index contributed by atoms with van der Waals surface area (Å²) in [5.74, 6) is 0.630. The zero-order chi connectivity index (χ0) is 9.90. The molecule has 0 atom stereocenters. The molecule has 5 nitrogen and oxygen atoms in total. The molecular weight excluding hydrogens is 170 g/mol. The largest absolute Gasteiger partial charge is 0.394 e. The fourth-order valence-electron chi connectivity index (χ4n) is 0.885. The van der Waals surface area contributed by atoms with Crippen LogP contribution in [0.15, 0.2) is 12.4 Å². The molecule has 0 amide bonds. The number of hydrogen-bond donors (Lipinski definition) is 3. The molecule has 3 N–H and O–H groups in total. The zero-order valence-corrected chi connectivity index (χ0v) is 7.86. The minimum Gasteiger partial charge on any atom is -0.394 e. The summed E-state index contributed by atoms with van der Waals surface area (Å²) in [7, 11) is 1.84. The monoisotopic (exact) mass is 185 g/mol. The number of nitrogens with zero attached hydrogens (tertiary/aromatic N) is 2. The van der Waals surface area contributed by atoms with E-state index in [1.54, 1.807) is 23.9 Å². The molecule has 0 spiro atoms. The first-order valence-electron chi connectivity index (χ1n) is 4.08. The maximum absolute atomic E-state index is 9.02. The highest BCUT2D eigenvalue weighted by Crippen LogP contribution is 2.11. The van der Waals surface area contributed by atoms with Crippen LogP contribution in [0.1, 0.15) is 6.92 Å². The number of aryl methyl sites for hydroxylation is 1. The molecule has 74 valence electrons. The van der Waals surface area contributed by atoms with Crippen molar-refractivity contribution in [3.63, 3.8) is 0 Å². The second-order valence-corrected chi connectivity index (χ2v) is 3.36. The summed E-state index contributed by atoms with van der Waals surface area (Å²) in [6.07, 6.45) is 3.44. The molecule has 0 fully saturated rings. The Kier molecular flexibility index (Phi) is 2.90. The highest BCUT2D eigenvalue weighted by Gasteiger charge is 2.23. The van der Waals surface area contributed by atoms with E-state index >= 15 is 0 Å². The molecule has 1 rings (SSSR count). The van der Waals surface area contributed by atoms with Gasteiger partial charge >= 0.3 is 0 Å². The highest BCUT2D eigenvalue weighted by atomic mass is 16.3. The lowest BCUT2D eigenvalue weighted by Crippen LogP contribution is -2.43. The molecule has 0 aromatic carbocycles. The lowest BCUT2D eigenvalue weighted by molar-refractivity contribution is 0.147. The number of nitrogens with one attached hydrogen (secondary N) is 1. The molecular formula is C8H15N3O2. The van der Waals surface area contributed by atoms with Crippen molar-refractivity contribution < 1.29 is 10.2 Å². The second-order valence-electron chi connectivity index (χ2n) is 3.36. The second kappa shape index (κ2) is 3.76. The van der Waals surface area contributed by atoms with E-state index < -0.39 is 5.54 Å². The average molecular weight is 185 g/mol. The summed E-state index contributed by atoms with van der Waals surface area (Å²) >= 11 is 0. The molecule has 0 aliphatic heterocycles. The third kappa shape index (κ3) is 2.19. The standard InChI is InChI=1S/C8H15N3O2/c1-8(5-12,6-13)10-7-9-3-4-11(7)2/h3-4,12-13H,5-6H2,1-2H3,(H,9,10). The van der Waals surface area contributed by atoms with Gasteiger partial charge in [-0.2, -0.15) is 0 Å². The van der Waals surface area contributed by atoms with Crippen LogP contribution in [0.5, 0.6) is 0 Å². The van der Waals surface area contributed by atoms with Crippen LogP contribution < -0.4 is 5.32 Å². The van der Waals surface area contributed by atoms with Gasteiger partial charge in [-0.1, -0.05) is 0 Å². The summed E-state index contributed by atoms with van der Waals surface area (Å²) in [5, 5.41) is 21.0. The first kappa shape index (κ1) is 10.0. The Hall–Kier alpha value is -1.07. The number of aromatic nitrogens is 2. The Bertz CT molecular complexity index is 268. The van der Waals surface area contributed by atoms with Crippen LogP contribution in [-0.4, -0.2) is 38.5 Å². The molecule has 0 bridgehead atoms. The fourth-order valence-corrected chi connectivity index (χ4v) is 0.885. The first-order valence-corrected chi connectivity index (χ1v) is 4.08. The average Bonchev–Trinajstić information content (AvgIpc) is 2.52. The third-order valence-corrected chi connectivity index (χ3v) is 1.93. The van der Waals surface area contributed by atoms with E-state index in [2.05, 4.69) is 10.3 Å². The summed E-state index contributed by atoms with van der Waals surface area (Å²) in [4.78, 5) is 4.03. The topological polar surface area (TPSA) is 70.3 Å². The van der Waals surface area contributed by atoms with Crippen LogP contribution in [0.4, 0.5) is 5.95 Å². The Labute approximate surface area is 77.0 Å². The molecule has 1 aromatic heterocycles.